The van der Waals surface area contributed by atoms with E-state index in [1.807, 2.05) is 20.8 Å². The fraction of sp³-hybridized carbons (Fsp3) is 0.571. The number of hydrogen-bond acceptors (Lipinski definition) is 5. The van der Waals surface area contributed by atoms with Crippen LogP contribution in [-0.2, 0) is 9.59 Å². The molecule has 21 heavy (non-hydrogen) atoms. The molecule has 7 heteroatoms. The van der Waals surface area contributed by atoms with Crippen molar-refractivity contribution in [3.05, 3.63) is 15.6 Å². The van der Waals surface area contributed by atoms with Gasteiger partial charge in [0.15, 0.2) is 0 Å². The maximum absolute atomic E-state index is 12.5. The lowest BCUT2D eigenvalue weighted by atomic mass is 9.98. The molecule has 1 aliphatic heterocycles. The minimum Gasteiger partial charge on any atom is -0.277 e. The van der Waals surface area contributed by atoms with Crippen LogP contribution >= 0.6 is 11.3 Å². The number of thiazole rings is 1. The van der Waals surface area contributed by atoms with Crippen LogP contribution in [0.3, 0.4) is 0 Å². The van der Waals surface area contributed by atoms with Gasteiger partial charge in [-0.25, -0.2) is 9.78 Å². The van der Waals surface area contributed by atoms with E-state index in [4.69, 9.17) is 0 Å². The minimum atomic E-state index is -0.774. The molecular formula is C14H19N3O3S. The van der Waals surface area contributed by atoms with Gasteiger partial charge in [-0.05, 0) is 27.2 Å². The molecule has 2 atom stereocenters. The van der Waals surface area contributed by atoms with E-state index in [-0.39, 0.29) is 0 Å². The van der Waals surface area contributed by atoms with Crippen molar-refractivity contribution in [1.82, 2.24) is 15.2 Å². The van der Waals surface area contributed by atoms with Crippen molar-refractivity contribution in [2.75, 3.05) is 0 Å². The molecule has 1 saturated heterocycles. The van der Waals surface area contributed by atoms with Gasteiger partial charge in [0, 0.05) is 0 Å². The molecule has 0 radical (unpaired) electrons. The van der Waals surface area contributed by atoms with Crippen molar-refractivity contribution in [2.45, 2.75) is 46.6 Å². The normalized spacial score (nSPS) is 20.7. The number of imide groups is 2. The van der Waals surface area contributed by atoms with E-state index in [1.54, 1.807) is 6.92 Å². The standard InChI is InChI=1S/C14H19N3O3S/c1-5-6-10-12(18)16-14(20)17(13(10)19)8(3)11-7(2)15-9(4)21-11/h8,10H,5-6H2,1-4H3,(H,16,18,20). The summed E-state index contributed by atoms with van der Waals surface area (Å²) in [6.45, 7) is 7.43. The second-order valence-corrected chi connectivity index (χ2v) is 6.44. The summed E-state index contributed by atoms with van der Waals surface area (Å²) in [7, 11) is 0. The summed E-state index contributed by atoms with van der Waals surface area (Å²) in [6.07, 6.45) is 1.15. The van der Waals surface area contributed by atoms with Crippen molar-refractivity contribution in [3.63, 3.8) is 0 Å². The fourth-order valence-electron chi connectivity index (χ4n) is 2.59. The summed E-state index contributed by atoms with van der Waals surface area (Å²) in [5.41, 5.74) is 0.814. The van der Waals surface area contributed by atoms with Crippen LogP contribution in [0.5, 0.6) is 0 Å². The van der Waals surface area contributed by atoms with E-state index in [2.05, 4.69) is 10.3 Å². The summed E-state index contributed by atoms with van der Waals surface area (Å²) in [4.78, 5) is 42.7. The molecule has 1 aromatic heterocycles. The maximum Gasteiger partial charge on any atom is 0.331 e. The lowest BCUT2D eigenvalue weighted by molar-refractivity contribution is -0.144. The van der Waals surface area contributed by atoms with Crippen LogP contribution in [0.4, 0.5) is 4.79 Å². The zero-order chi connectivity index (χ0) is 15.7. The number of nitrogens with zero attached hydrogens (tertiary/aromatic N) is 2. The number of urea groups is 1. The second-order valence-electron chi connectivity index (χ2n) is 5.20. The highest BCUT2D eigenvalue weighted by Crippen LogP contribution is 2.31. The maximum atomic E-state index is 12.5. The van der Waals surface area contributed by atoms with Crippen LogP contribution in [-0.4, -0.2) is 27.7 Å². The van der Waals surface area contributed by atoms with Gasteiger partial charge in [0.25, 0.3) is 0 Å². The number of rotatable bonds is 4. The Morgan fingerprint density at radius 2 is 2.00 bits per heavy atom. The predicted molar refractivity (Wildman–Crippen MR) is 78.8 cm³/mol. The predicted octanol–water partition coefficient (Wildman–Crippen LogP) is 2.32. The average Bonchev–Trinajstić information content (AvgIpc) is 2.73. The van der Waals surface area contributed by atoms with Crippen LogP contribution < -0.4 is 5.32 Å². The fourth-order valence-corrected chi connectivity index (χ4v) is 3.56. The van der Waals surface area contributed by atoms with E-state index in [0.29, 0.717) is 12.8 Å². The number of nitrogens with one attached hydrogen (secondary N) is 1. The van der Waals surface area contributed by atoms with Crippen LogP contribution in [0.2, 0.25) is 0 Å². The van der Waals surface area contributed by atoms with E-state index >= 15 is 0 Å². The summed E-state index contributed by atoms with van der Waals surface area (Å²) in [5.74, 6) is -1.68. The van der Waals surface area contributed by atoms with Gasteiger partial charge in [-0.2, -0.15) is 0 Å². The molecule has 0 aliphatic carbocycles. The molecule has 114 valence electrons. The Labute approximate surface area is 127 Å². The van der Waals surface area contributed by atoms with Gasteiger partial charge >= 0.3 is 6.03 Å². The number of carbonyl (C=O) groups excluding carboxylic acids is 3. The summed E-state index contributed by atoms with van der Waals surface area (Å²) >= 11 is 1.47. The Morgan fingerprint density at radius 3 is 2.52 bits per heavy atom. The first-order chi connectivity index (χ1) is 9.86. The third-order valence-corrected chi connectivity index (χ3v) is 4.83. The highest BCUT2D eigenvalue weighted by atomic mass is 32.1. The Bertz CT molecular complexity index is 596. The van der Waals surface area contributed by atoms with Gasteiger partial charge in [-0.3, -0.25) is 19.8 Å². The van der Waals surface area contributed by atoms with E-state index in [0.717, 1.165) is 20.5 Å². The first-order valence-electron chi connectivity index (χ1n) is 6.98. The zero-order valence-electron chi connectivity index (χ0n) is 12.6. The molecular weight excluding hydrogens is 290 g/mol. The molecule has 0 aromatic carbocycles. The van der Waals surface area contributed by atoms with E-state index < -0.39 is 29.8 Å². The molecule has 4 amide bonds. The smallest absolute Gasteiger partial charge is 0.277 e. The first-order valence-corrected chi connectivity index (χ1v) is 7.80. The average molecular weight is 309 g/mol. The van der Waals surface area contributed by atoms with Gasteiger partial charge < -0.3 is 0 Å². The number of carbonyl (C=O) groups is 3. The molecule has 2 rings (SSSR count). The summed E-state index contributed by atoms with van der Waals surface area (Å²) in [6, 6.07) is -1.06. The number of aromatic nitrogens is 1. The first kappa shape index (κ1) is 15.6. The highest BCUT2D eigenvalue weighted by Gasteiger charge is 2.42. The number of barbiturate groups is 1. The Balaban J connectivity index is 2.32. The number of aryl methyl sites for hydroxylation is 2. The molecule has 1 aliphatic rings. The Kier molecular flexibility index (Phi) is 4.41. The molecule has 0 bridgehead atoms. The van der Waals surface area contributed by atoms with Gasteiger partial charge in [0.05, 0.1) is 21.6 Å². The SMILES string of the molecule is CCCC1C(=O)NC(=O)N(C(C)c2sc(C)nc2C)C1=O. The molecule has 0 saturated carbocycles. The zero-order valence-corrected chi connectivity index (χ0v) is 13.4. The van der Waals surface area contributed by atoms with Gasteiger partial charge in [-0.15, -0.1) is 11.3 Å². The highest BCUT2D eigenvalue weighted by molar-refractivity contribution is 7.11. The molecule has 0 spiro atoms. The Morgan fingerprint density at radius 1 is 1.33 bits per heavy atom. The molecule has 2 heterocycles. The van der Waals surface area contributed by atoms with Gasteiger partial charge in [-0.1, -0.05) is 13.3 Å². The van der Waals surface area contributed by atoms with E-state index in [1.165, 1.54) is 11.3 Å². The van der Waals surface area contributed by atoms with Crippen molar-refractivity contribution in [3.8, 4) is 0 Å². The minimum absolute atomic E-state index is 0.413. The van der Waals surface area contributed by atoms with Crippen LogP contribution in [0.25, 0.3) is 0 Å². The molecule has 1 fully saturated rings. The van der Waals surface area contributed by atoms with Crippen LogP contribution in [0.1, 0.15) is 48.3 Å². The number of amides is 4. The largest absolute Gasteiger partial charge is 0.331 e. The molecule has 6 nitrogen and oxygen atoms in total. The van der Waals surface area contributed by atoms with Gasteiger partial charge in [0.2, 0.25) is 11.8 Å². The van der Waals surface area contributed by atoms with Crippen LogP contribution in [0, 0.1) is 19.8 Å². The van der Waals surface area contributed by atoms with Crippen LogP contribution in [0.15, 0.2) is 0 Å². The lowest BCUT2D eigenvalue weighted by Crippen LogP contribution is -2.58. The van der Waals surface area contributed by atoms with Crippen molar-refractivity contribution >= 4 is 29.2 Å². The van der Waals surface area contributed by atoms with Crippen molar-refractivity contribution in [2.24, 2.45) is 5.92 Å². The number of hydrogen-bond donors (Lipinski definition) is 1. The third-order valence-electron chi connectivity index (χ3n) is 3.58. The molecule has 1 aromatic rings. The topological polar surface area (TPSA) is 79.4 Å². The monoisotopic (exact) mass is 309 g/mol. The lowest BCUT2D eigenvalue weighted by Gasteiger charge is -2.33. The molecule has 1 N–H and O–H groups in total. The summed E-state index contributed by atoms with van der Waals surface area (Å²) in [5, 5.41) is 3.17. The van der Waals surface area contributed by atoms with Crippen molar-refractivity contribution < 1.29 is 14.4 Å². The van der Waals surface area contributed by atoms with Crippen molar-refractivity contribution in [1.29, 1.82) is 0 Å². The van der Waals surface area contributed by atoms with E-state index in [9.17, 15) is 14.4 Å². The Hall–Kier alpha value is -1.76. The quantitative estimate of drug-likeness (QED) is 0.866. The third kappa shape index (κ3) is 2.83. The second kappa shape index (κ2) is 5.93. The van der Waals surface area contributed by atoms with Gasteiger partial charge in [0.1, 0.15) is 5.92 Å². The molecule has 2 unspecified atom stereocenters. The summed E-state index contributed by atoms with van der Waals surface area (Å²) < 4.78 is 0.